The minimum atomic E-state index is -0.610. The molecular weight excluding hydrogens is 396 g/mol. The van der Waals surface area contributed by atoms with Crippen LogP contribution < -0.4 is 10.2 Å². The molecule has 0 atom stereocenters. The number of carbonyl (C=O) groups is 2. The Morgan fingerprint density at radius 2 is 1.75 bits per heavy atom. The Balaban J connectivity index is 2.06. The second-order valence-electron chi connectivity index (χ2n) is 7.43. The summed E-state index contributed by atoms with van der Waals surface area (Å²) in [4.78, 5) is 26.7. The van der Waals surface area contributed by atoms with Crippen molar-refractivity contribution in [3.05, 3.63) is 64.2 Å². The van der Waals surface area contributed by atoms with E-state index >= 15 is 0 Å². The number of anilines is 1. The molecule has 2 N–H and O–H groups in total. The number of thiocarbonyl (C=S) groups is 1. The van der Waals surface area contributed by atoms with Crippen LogP contribution in [0.2, 0.25) is 5.02 Å². The van der Waals surface area contributed by atoms with Crippen molar-refractivity contribution < 1.29 is 14.7 Å². The van der Waals surface area contributed by atoms with Crippen molar-refractivity contribution in [2.75, 3.05) is 4.90 Å². The molecule has 28 heavy (non-hydrogen) atoms. The molecule has 2 aromatic rings. The van der Waals surface area contributed by atoms with E-state index in [2.05, 4.69) is 5.32 Å². The van der Waals surface area contributed by atoms with Crippen molar-refractivity contribution in [2.24, 2.45) is 0 Å². The number of phenols is 1. The number of nitrogens with zero attached hydrogens (tertiary/aromatic N) is 1. The summed E-state index contributed by atoms with van der Waals surface area (Å²) in [6.45, 7) is 5.91. The molecule has 0 aromatic heterocycles. The van der Waals surface area contributed by atoms with Gasteiger partial charge in [-0.05, 0) is 53.5 Å². The van der Waals surface area contributed by atoms with E-state index in [9.17, 15) is 14.7 Å². The average Bonchev–Trinajstić information content (AvgIpc) is 2.60. The third kappa shape index (κ3) is 3.79. The Morgan fingerprint density at radius 3 is 2.36 bits per heavy atom. The second kappa shape index (κ2) is 7.37. The lowest BCUT2D eigenvalue weighted by Gasteiger charge is -2.29. The fraction of sp³-hybridized carbons (Fsp3) is 0.190. The molecule has 144 valence electrons. The molecule has 1 fully saturated rings. The third-order valence-corrected chi connectivity index (χ3v) is 4.90. The number of amides is 2. The Morgan fingerprint density at radius 1 is 1.11 bits per heavy atom. The van der Waals surface area contributed by atoms with Crippen molar-refractivity contribution in [3.8, 4) is 5.75 Å². The molecule has 0 unspecified atom stereocenters. The van der Waals surface area contributed by atoms with E-state index in [1.54, 1.807) is 36.4 Å². The standard InChI is InChI=1S/C21H19ClN2O3S/c1-21(2,3)16-6-4-5-12(17(16)25)11-15-18(26)23-20(28)24(19(15)27)14-9-7-13(22)8-10-14/h4-11,25H,1-3H3,(H,23,26,28). The molecule has 1 saturated heterocycles. The molecule has 0 saturated carbocycles. The van der Waals surface area contributed by atoms with Crippen LogP contribution in [0.4, 0.5) is 5.69 Å². The number of para-hydroxylation sites is 1. The first-order valence-electron chi connectivity index (χ1n) is 8.59. The summed E-state index contributed by atoms with van der Waals surface area (Å²) in [5.74, 6) is -1.15. The van der Waals surface area contributed by atoms with Crippen molar-refractivity contribution in [1.82, 2.24) is 5.32 Å². The first kappa shape index (κ1) is 20.0. The summed E-state index contributed by atoms with van der Waals surface area (Å²) < 4.78 is 0. The third-order valence-electron chi connectivity index (χ3n) is 4.36. The zero-order chi connectivity index (χ0) is 20.6. The largest absolute Gasteiger partial charge is 0.507 e. The van der Waals surface area contributed by atoms with Crippen molar-refractivity contribution in [3.63, 3.8) is 0 Å². The SMILES string of the molecule is CC(C)(C)c1cccc(C=C2C(=O)NC(=S)N(c3ccc(Cl)cc3)C2=O)c1O. The molecular formula is C21H19ClN2O3S. The Hall–Kier alpha value is -2.70. The Kier molecular flexibility index (Phi) is 5.28. The fourth-order valence-corrected chi connectivity index (χ4v) is 3.33. The summed E-state index contributed by atoms with van der Waals surface area (Å²) in [5, 5.41) is 13.7. The van der Waals surface area contributed by atoms with Gasteiger partial charge in [0.15, 0.2) is 5.11 Å². The van der Waals surface area contributed by atoms with Crippen LogP contribution in [0.25, 0.3) is 6.08 Å². The maximum absolute atomic E-state index is 13.0. The van der Waals surface area contributed by atoms with Gasteiger partial charge < -0.3 is 5.11 Å². The summed E-state index contributed by atoms with van der Waals surface area (Å²) in [6.07, 6.45) is 1.38. The zero-order valence-electron chi connectivity index (χ0n) is 15.6. The number of phenolic OH excluding ortho intramolecular Hbond substituents is 1. The molecule has 1 aliphatic rings. The van der Waals surface area contributed by atoms with Gasteiger partial charge in [-0.25, -0.2) is 0 Å². The number of benzene rings is 2. The van der Waals surface area contributed by atoms with Crippen LogP contribution in [0.3, 0.4) is 0 Å². The highest BCUT2D eigenvalue weighted by atomic mass is 35.5. The number of halogens is 1. The van der Waals surface area contributed by atoms with E-state index in [4.69, 9.17) is 23.8 Å². The topological polar surface area (TPSA) is 69.6 Å². The fourth-order valence-electron chi connectivity index (χ4n) is 2.92. The van der Waals surface area contributed by atoms with E-state index in [-0.39, 0.29) is 21.9 Å². The number of rotatable bonds is 2. The predicted molar refractivity (Wildman–Crippen MR) is 114 cm³/mol. The van der Waals surface area contributed by atoms with Crippen molar-refractivity contribution in [2.45, 2.75) is 26.2 Å². The minimum absolute atomic E-state index is 0.0119. The van der Waals surface area contributed by atoms with E-state index in [0.29, 0.717) is 16.3 Å². The van der Waals surface area contributed by atoms with Gasteiger partial charge >= 0.3 is 0 Å². The van der Waals surface area contributed by atoms with E-state index in [0.717, 1.165) is 5.56 Å². The van der Waals surface area contributed by atoms with Crippen molar-refractivity contribution >= 4 is 52.5 Å². The zero-order valence-corrected chi connectivity index (χ0v) is 17.2. The number of hydrogen-bond donors (Lipinski definition) is 2. The molecule has 1 heterocycles. The van der Waals surface area contributed by atoms with Gasteiger partial charge in [-0.3, -0.25) is 19.8 Å². The number of nitrogens with one attached hydrogen (secondary N) is 1. The lowest BCUT2D eigenvalue weighted by Crippen LogP contribution is -2.54. The predicted octanol–water partition coefficient (Wildman–Crippen LogP) is 4.17. The van der Waals surface area contributed by atoms with E-state index in [1.807, 2.05) is 26.8 Å². The maximum Gasteiger partial charge on any atom is 0.270 e. The van der Waals surface area contributed by atoms with Gasteiger partial charge in [0.1, 0.15) is 11.3 Å². The molecule has 3 rings (SSSR count). The first-order chi connectivity index (χ1) is 13.1. The maximum atomic E-state index is 13.0. The molecule has 0 bridgehead atoms. The number of hydrogen-bond acceptors (Lipinski definition) is 4. The van der Waals surface area contributed by atoms with Gasteiger partial charge in [0.25, 0.3) is 11.8 Å². The van der Waals surface area contributed by atoms with E-state index < -0.39 is 11.8 Å². The average molecular weight is 415 g/mol. The highest BCUT2D eigenvalue weighted by Gasteiger charge is 2.34. The smallest absolute Gasteiger partial charge is 0.270 e. The molecule has 7 heteroatoms. The summed E-state index contributed by atoms with van der Waals surface area (Å²) in [7, 11) is 0. The Labute approximate surface area is 173 Å². The number of carbonyl (C=O) groups excluding carboxylic acids is 2. The molecule has 0 aliphatic carbocycles. The van der Waals surface area contributed by atoms with Gasteiger partial charge in [0, 0.05) is 10.6 Å². The summed E-state index contributed by atoms with van der Waals surface area (Å²) in [5.41, 5.74) is 1.17. The molecule has 5 nitrogen and oxygen atoms in total. The van der Waals surface area contributed by atoms with Crippen molar-refractivity contribution in [1.29, 1.82) is 0 Å². The first-order valence-corrected chi connectivity index (χ1v) is 9.37. The van der Waals surface area contributed by atoms with Gasteiger partial charge in [-0.15, -0.1) is 0 Å². The van der Waals surface area contributed by atoms with Gasteiger partial charge in [-0.1, -0.05) is 50.6 Å². The molecule has 1 aliphatic heterocycles. The van der Waals surface area contributed by atoms with Crippen LogP contribution >= 0.6 is 23.8 Å². The highest BCUT2D eigenvalue weighted by molar-refractivity contribution is 7.80. The van der Waals surface area contributed by atoms with Crippen LogP contribution in [0.5, 0.6) is 5.75 Å². The number of aromatic hydroxyl groups is 1. The second-order valence-corrected chi connectivity index (χ2v) is 8.25. The quantitative estimate of drug-likeness (QED) is 0.439. The van der Waals surface area contributed by atoms with E-state index in [1.165, 1.54) is 11.0 Å². The summed E-state index contributed by atoms with van der Waals surface area (Å²) >= 11 is 11.1. The van der Waals surface area contributed by atoms with Crippen LogP contribution in [0.1, 0.15) is 31.9 Å². The normalized spacial score (nSPS) is 16.5. The van der Waals surface area contributed by atoms with Gasteiger partial charge in [-0.2, -0.15) is 0 Å². The lowest BCUT2D eigenvalue weighted by atomic mass is 9.85. The van der Waals surface area contributed by atoms with Crippen LogP contribution in [0, 0.1) is 0 Å². The van der Waals surface area contributed by atoms with Crippen LogP contribution in [0.15, 0.2) is 48.0 Å². The minimum Gasteiger partial charge on any atom is -0.507 e. The highest BCUT2D eigenvalue weighted by Crippen LogP contribution is 2.34. The van der Waals surface area contributed by atoms with Gasteiger partial charge in [0.2, 0.25) is 0 Å². The van der Waals surface area contributed by atoms with Crippen LogP contribution in [-0.2, 0) is 15.0 Å². The molecule has 2 aromatic carbocycles. The monoisotopic (exact) mass is 414 g/mol. The van der Waals surface area contributed by atoms with Crippen LogP contribution in [-0.4, -0.2) is 22.0 Å². The summed E-state index contributed by atoms with van der Waals surface area (Å²) in [6, 6.07) is 11.8. The Bertz CT molecular complexity index is 1010. The van der Waals surface area contributed by atoms with Gasteiger partial charge in [0.05, 0.1) is 5.69 Å². The molecule has 0 radical (unpaired) electrons. The lowest BCUT2D eigenvalue weighted by molar-refractivity contribution is -0.122. The molecule has 2 amide bonds. The molecule has 0 spiro atoms.